The standard InChI is InChI=1S/C28H30Cl2N4O5S/c1-17-10-21(28(37)32-25(15-35)27(31)36)12-24(11-17)33-40(38,39)16-18-13-34(14-18)26(19-2-6-22(29)7-3-19)20-4-8-23(30)9-5-20/h2-12,18,25-26,33,35H,13-16H2,1H3,(H2,31,36)(H,32,37). The van der Waals surface area contributed by atoms with E-state index in [1.807, 2.05) is 48.5 Å². The van der Waals surface area contributed by atoms with Gasteiger partial charge in [-0.15, -0.1) is 0 Å². The summed E-state index contributed by atoms with van der Waals surface area (Å²) in [6, 6.07) is 18.4. The molecule has 1 heterocycles. The van der Waals surface area contributed by atoms with Crippen molar-refractivity contribution in [3.8, 4) is 0 Å². The number of aliphatic hydroxyl groups excluding tert-OH is 1. The normalized spacial score (nSPS) is 14.9. The maximum absolute atomic E-state index is 13.0. The summed E-state index contributed by atoms with van der Waals surface area (Å²) in [5.41, 5.74) is 8.23. The molecule has 3 aromatic rings. The minimum Gasteiger partial charge on any atom is -0.394 e. The van der Waals surface area contributed by atoms with Crippen molar-refractivity contribution in [1.82, 2.24) is 10.2 Å². The van der Waals surface area contributed by atoms with Gasteiger partial charge in [-0.05, 0) is 66.1 Å². The number of hydrogen-bond acceptors (Lipinski definition) is 6. The highest BCUT2D eigenvalue weighted by atomic mass is 35.5. The van der Waals surface area contributed by atoms with Gasteiger partial charge < -0.3 is 16.2 Å². The summed E-state index contributed by atoms with van der Waals surface area (Å²) in [5.74, 6) is -1.74. The number of anilines is 1. The lowest BCUT2D eigenvalue weighted by Crippen LogP contribution is -2.51. The molecular weight excluding hydrogens is 575 g/mol. The predicted molar refractivity (Wildman–Crippen MR) is 156 cm³/mol. The third-order valence-electron chi connectivity index (χ3n) is 6.62. The van der Waals surface area contributed by atoms with Gasteiger partial charge in [-0.3, -0.25) is 19.2 Å². The van der Waals surface area contributed by atoms with Gasteiger partial charge in [0.05, 0.1) is 18.4 Å². The molecule has 0 bridgehead atoms. The second-order valence-electron chi connectivity index (χ2n) is 9.91. The summed E-state index contributed by atoms with van der Waals surface area (Å²) in [6.45, 7) is 2.19. The van der Waals surface area contributed by atoms with Crippen LogP contribution in [0, 0.1) is 12.8 Å². The zero-order valence-electron chi connectivity index (χ0n) is 21.7. The summed E-state index contributed by atoms with van der Waals surface area (Å²) in [6.07, 6.45) is 0. The number of amides is 2. The van der Waals surface area contributed by atoms with E-state index in [0.29, 0.717) is 28.7 Å². The Morgan fingerprint density at radius 1 is 1.00 bits per heavy atom. The van der Waals surface area contributed by atoms with Crippen molar-refractivity contribution in [3.63, 3.8) is 0 Å². The number of carbonyl (C=O) groups excluding carboxylic acids is 2. The molecule has 0 saturated carbocycles. The molecule has 5 N–H and O–H groups in total. The van der Waals surface area contributed by atoms with Crippen molar-refractivity contribution in [1.29, 1.82) is 0 Å². The predicted octanol–water partition coefficient (Wildman–Crippen LogP) is 3.34. The van der Waals surface area contributed by atoms with Crippen molar-refractivity contribution >= 4 is 50.7 Å². The molecule has 212 valence electrons. The van der Waals surface area contributed by atoms with Crippen LogP contribution in [0.3, 0.4) is 0 Å². The van der Waals surface area contributed by atoms with Gasteiger partial charge in [-0.1, -0.05) is 47.5 Å². The van der Waals surface area contributed by atoms with Crippen LogP contribution >= 0.6 is 23.2 Å². The summed E-state index contributed by atoms with van der Waals surface area (Å²) in [4.78, 5) is 26.1. The van der Waals surface area contributed by atoms with Crippen molar-refractivity contribution < 1.29 is 23.1 Å². The second kappa shape index (κ2) is 12.6. The Morgan fingerprint density at radius 3 is 2.05 bits per heavy atom. The van der Waals surface area contributed by atoms with Crippen LogP contribution in [-0.4, -0.2) is 61.7 Å². The SMILES string of the molecule is Cc1cc(NS(=O)(=O)CC2CN(C(c3ccc(Cl)cc3)c3ccc(Cl)cc3)C2)cc(C(=O)NC(CO)C(N)=O)c1. The fourth-order valence-electron chi connectivity index (χ4n) is 4.78. The van der Waals surface area contributed by atoms with Crippen LogP contribution in [0.4, 0.5) is 5.69 Å². The molecule has 1 fully saturated rings. The van der Waals surface area contributed by atoms with Crippen molar-refractivity contribution in [2.24, 2.45) is 11.7 Å². The van der Waals surface area contributed by atoms with E-state index in [9.17, 15) is 23.1 Å². The van der Waals surface area contributed by atoms with Gasteiger partial charge in [0, 0.05) is 40.3 Å². The first-order valence-corrected chi connectivity index (χ1v) is 14.9. The van der Waals surface area contributed by atoms with Crippen LogP contribution in [-0.2, 0) is 14.8 Å². The topological polar surface area (TPSA) is 142 Å². The molecule has 0 aliphatic carbocycles. The van der Waals surface area contributed by atoms with Crippen LogP contribution in [0.25, 0.3) is 0 Å². The minimum absolute atomic E-state index is 0.0811. The molecule has 12 heteroatoms. The van der Waals surface area contributed by atoms with Gasteiger partial charge in [-0.25, -0.2) is 8.42 Å². The Labute approximate surface area is 243 Å². The van der Waals surface area contributed by atoms with Crippen LogP contribution in [0.5, 0.6) is 0 Å². The lowest BCUT2D eigenvalue weighted by atomic mass is 9.91. The van der Waals surface area contributed by atoms with E-state index in [1.54, 1.807) is 19.1 Å². The average molecular weight is 606 g/mol. The number of rotatable bonds is 11. The molecule has 1 aliphatic heterocycles. The fourth-order valence-corrected chi connectivity index (χ4v) is 6.43. The lowest BCUT2D eigenvalue weighted by molar-refractivity contribution is -0.120. The summed E-state index contributed by atoms with van der Waals surface area (Å²) < 4.78 is 28.7. The summed E-state index contributed by atoms with van der Waals surface area (Å²) in [7, 11) is -3.74. The Bertz CT molecular complexity index is 1430. The first-order valence-electron chi connectivity index (χ1n) is 12.5. The second-order valence-corrected chi connectivity index (χ2v) is 12.5. The number of nitrogens with one attached hydrogen (secondary N) is 2. The molecule has 1 unspecified atom stereocenters. The van der Waals surface area contributed by atoms with Crippen LogP contribution in [0.1, 0.15) is 33.1 Å². The number of aliphatic hydroxyl groups is 1. The van der Waals surface area contributed by atoms with Crippen molar-refractivity contribution in [2.75, 3.05) is 30.2 Å². The van der Waals surface area contributed by atoms with E-state index in [0.717, 1.165) is 11.1 Å². The lowest BCUT2D eigenvalue weighted by Gasteiger charge is -2.44. The Hall–Kier alpha value is -3.15. The van der Waals surface area contributed by atoms with Gasteiger partial charge in [0.1, 0.15) is 6.04 Å². The molecular formula is C28H30Cl2N4O5S. The number of aryl methyl sites for hydroxylation is 1. The van der Waals surface area contributed by atoms with Gasteiger partial charge in [-0.2, -0.15) is 0 Å². The third kappa shape index (κ3) is 7.52. The highest BCUT2D eigenvalue weighted by Gasteiger charge is 2.36. The smallest absolute Gasteiger partial charge is 0.252 e. The largest absolute Gasteiger partial charge is 0.394 e. The molecule has 9 nitrogen and oxygen atoms in total. The monoisotopic (exact) mass is 604 g/mol. The van der Waals surface area contributed by atoms with Crippen molar-refractivity contribution in [2.45, 2.75) is 19.0 Å². The molecule has 0 spiro atoms. The highest BCUT2D eigenvalue weighted by Crippen LogP contribution is 2.36. The van der Waals surface area contributed by atoms with E-state index < -0.39 is 34.5 Å². The number of likely N-dealkylation sites (tertiary alicyclic amines) is 1. The van der Waals surface area contributed by atoms with Crippen LogP contribution in [0.2, 0.25) is 10.0 Å². The molecule has 3 aromatic carbocycles. The van der Waals surface area contributed by atoms with Gasteiger partial charge in [0.15, 0.2) is 0 Å². The number of sulfonamides is 1. The van der Waals surface area contributed by atoms with Crippen LogP contribution in [0.15, 0.2) is 66.7 Å². The number of primary amides is 1. The Balaban J connectivity index is 1.43. The number of halogens is 2. The molecule has 4 rings (SSSR count). The zero-order chi connectivity index (χ0) is 29.0. The maximum atomic E-state index is 13.0. The number of nitrogens with zero attached hydrogens (tertiary/aromatic N) is 1. The summed E-state index contributed by atoms with van der Waals surface area (Å²) in [5, 5.41) is 12.9. The van der Waals surface area contributed by atoms with E-state index in [1.165, 1.54) is 6.07 Å². The zero-order valence-corrected chi connectivity index (χ0v) is 24.0. The van der Waals surface area contributed by atoms with E-state index >= 15 is 0 Å². The first-order chi connectivity index (χ1) is 18.9. The summed E-state index contributed by atoms with van der Waals surface area (Å²) >= 11 is 12.2. The first kappa shape index (κ1) is 29.8. The number of hydrogen-bond donors (Lipinski definition) is 4. The third-order valence-corrected chi connectivity index (χ3v) is 8.58. The number of carbonyl (C=O) groups is 2. The Morgan fingerprint density at radius 2 is 1.55 bits per heavy atom. The molecule has 0 aromatic heterocycles. The molecule has 1 aliphatic rings. The van der Waals surface area contributed by atoms with Gasteiger partial charge in [0.25, 0.3) is 5.91 Å². The van der Waals surface area contributed by atoms with E-state index in [2.05, 4.69) is 14.9 Å². The quantitative estimate of drug-likeness (QED) is 0.264. The highest BCUT2D eigenvalue weighted by molar-refractivity contribution is 7.92. The molecule has 2 amide bonds. The number of nitrogens with two attached hydrogens (primary N) is 1. The molecule has 0 radical (unpaired) electrons. The van der Waals surface area contributed by atoms with Gasteiger partial charge >= 0.3 is 0 Å². The maximum Gasteiger partial charge on any atom is 0.252 e. The molecule has 40 heavy (non-hydrogen) atoms. The molecule has 1 saturated heterocycles. The molecule has 1 atom stereocenters. The minimum atomic E-state index is -3.74. The fraction of sp³-hybridized carbons (Fsp3) is 0.286. The number of benzene rings is 3. The Kier molecular flexibility index (Phi) is 9.37. The van der Waals surface area contributed by atoms with Gasteiger partial charge in [0.2, 0.25) is 15.9 Å². The van der Waals surface area contributed by atoms with E-state index in [4.69, 9.17) is 28.9 Å². The van der Waals surface area contributed by atoms with Crippen LogP contribution < -0.4 is 15.8 Å². The average Bonchev–Trinajstić information content (AvgIpc) is 2.86. The van der Waals surface area contributed by atoms with Crippen molar-refractivity contribution in [3.05, 3.63) is 99.0 Å². The van der Waals surface area contributed by atoms with E-state index in [-0.39, 0.29) is 29.0 Å².